The van der Waals surface area contributed by atoms with Crippen LogP contribution in [0, 0.1) is 0 Å². The van der Waals surface area contributed by atoms with Crippen LogP contribution in [0.1, 0.15) is 36.5 Å². The lowest BCUT2D eigenvalue weighted by molar-refractivity contribution is 0.0437. The number of benzene rings is 1. The summed E-state index contributed by atoms with van der Waals surface area (Å²) < 4.78 is 0. The third-order valence-electron chi connectivity index (χ3n) is 3.54. The van der Waals surface area contributed by atoms with Crippen LogP contribution in [0.5, 0.6) is 5.75 Å². The first kappa shape index (κ1) is 14.2. The molecule has 1 aliphatic heterocycles. The number of nitrogens with zero attached hydrogens (tertiary/aromatic N) is 1. The summed E-state index contributed by atoms with van der Waals surface area (Å²) in [7, 11) is 0. The van der Waals surface area contributed by atoms with Gasteiger partial charge >= 0.3 is 0 Å². The first-order valence-electron chi connectivity index (χ1n) is 6.39. The maximum atomic E-state index is 12.3. The molecule has 1 aromatic rings. The molecule has 5 heteroatoms. The second kappa shape index (κ2) is 5.39. The second-order valence-corrected chi connectivity index (χ2v) is 5.74. The van der Waals surface area contributed by atoms with Crippen molar-refractivity contribution in [2.75, 3.05) is 13.1 Å². The lowest BCUT2D eigenvalue weighted by Crippen LogP contribution is -2.33. The third-order valence-corrected chi connectivity index (χ3v) is 3.78. The van der Waals surface area contributed by atoms with Gasteiger partial charge in [0.2, 0.25) is 0 Å². The van der Waals surface area contributed by atoms with Crippen LogP contribution in [0.15, 0.2) is 18.2 Å². The molecule has 1 heterocycles. The van der Waals surface area contributed by atoms with Crippen LogP contribution < -0.4 is 0 Å². The molecule has 1 saturated heterocycles. The normalized spacial score (nSPS) is 24.1. The monoisotopic (exact) mass is 283 g/mol. The van der Waals surface area contributed by atoms with Gasteiger partial charge in [0, 0.05) is 18.1 Å². The Balaban J connectivity index is 2.15. The molecule has 1 aliphatic rings. The van der Waals surface area contributed by atoms with Gasteiger partial charge in [-0.15, -0.1) is 0 Å². The Morgan fingerprint density at radius 1 is 1.37 bits per heavy atom. The molecule has 104 valence electrons. The van der Waals surface area contributed by atoms with E-state index in [0.717, 1.165) is 6.42 Å². The summed E-state index contributed by atoms with van der Waals surface area (Å²) in [6.45, 7) is 2.88. The van der Waals surface area contributed by atoms with Crippen LogP contribution in [0.3, 0.4) is 0 Å². The summed E-state index contributed by atoms with van der Waals surface area (Å²) in [5, 5.41) is 20.2. The lowest BCUT2D eigenvalue weighted by atomic mass is 9.98. The number of phenolic OH excluding ortho intramolecular Hbond substituents is 1. The molecule has 0 aromatic heterocycles. The molecule has 1 fully saturated rings. The molecule has 0 bridgehead atoms. The number of carbonyl (C=O) groups excluding carboxylic acids is 1. The fourth-order valence-electron chi connectivity index (χ4n) is 2.32. The highest BCUT2D eigenvalue weighted by atomic mass is 35.5. The number of hydrogen-bond donors (Lipinski definition) is 2. The van der Waals surface area contributed by atoms with Crippen LogP contribution in [0.25, 0.3) is 0 Å². The molecular weight excluding hydrogens is 266 g/mol. The maximum Gasteiger partial charge on any atom is 0.257 e. The maximum absolute atomic E-state index is 12.3. The van der Waals surface area contributed by atoms with E-state index in [9.17, 15) is 15.0 Å². The molecule has 0 saturated carbocycles. The van der Waals surface area contributed by atoms with Gasteiger partial charge in [-0.1, -0.05) is 11.6 Å². The minimum absolute atomic E-state index is 0.103. The van der Waals surface area contributed by atoms with E-state index in [2.05, 4.69) is 0 Å². The number of aliphatic hydroxyl groups is 1. The van der Waals surface area contributed by atoms with E-state index >= 15 is 0 Å². The average Bonchev–Trinajstić information content (AvgIpc) is 2.49. The average molecular weight is 284 g/mol. The molecule has 0 radical (unpaired) electrons. The SMILES string of the molecule is CC1(O)CCCN(C(=O)c2ccc(Cl)cc2O)CC1. The Morgan fingerprint density at radius 2 is 2.11 bits per heavy atom. The topological polar surface area (TPSA) is 60.8 Å². The van der Waals surface area contributed by atoms with E-state index in [0.29, 0.717) is 31.0 Å². The van der Waals surface area contributed by atoms with Crippen molar-refractivity contribution in [3.8, 4) is 5.75 Å². The predicted molar refractivity (Wildman–Crippen MR) is 73.5 cm³/mol. The molecule has 0 aliphatic carbocycles. The fraction of sp³-hybridized carbons (Fsp3) is 0.500. The van der Waals surface area contributed by atoms with E-state index in [1.54, 1.807) is 17.9 Å². The van der Waals surface area contributed by atoms with Crippen molar-refractivity contribution in [1.82, 2.24) is 4.90 Å². The van der Waals surface area contributed by atoms with Crippen molar-refractivity contribution in [2.24, 2.45) is 0 Å². The number of aromatic hydroxyl groups is 1. The Hall–Kier alpha value is -1.26. The van der Waals surface area contributed by atoms with E-state index in [-0.39, 0.29) is 17.2 Å². The summed E-state index contributed by atoms with van der Waals surface area (Å²) in [5.41, 5.74) is -0.456. The Morgan fingerprint density at radius 3 is 2.79 bits per heavy atom. The zero-order valence-corrected chi connectivity index (χ0v) is 11.7. The van der Waals surface area contributed by atoms with Gasteiger partial charge in [-0.3, -0.25) is 4.79 Å². The van der Waals surface area contributed by atoms with Gasteiger partial charge < -0.3 is 15.1 Å². The molecule has 1 amide bonds. The molecule has 2 N–H and O–H groups in total. The number of halogens is 1. The molecule has 4 nitrogen and oxygen atoms in total. The van der Waals surface area contributed by atoms with Gasteiger partial charge in [0.1, 0.15) is 5.75 Å². The number of hydrogen-bond acceptors (Lipinski definition) is 3. The van der Waals surface area contributed by atoms with Crippen molar-refractivity contribution in [3.05, 3.63) is 28.8 Å². The quantitative estimate of drug-likeness (QED) is 0.832. The highest BCUT2D eigenvalue weighted by molar-refractivity contribution is 6.30. The summed E-state index contributed by atoms with van der Waals surface area (Å²) in [6, 6.07) is 4.48. The fourth-order valence-corrected chi connectivity index (χ4v) is 2.49. The Bertz CT molecular complexity index is 488. The lowest BCUT2D eigenvalue weighted by Gasteiger charge is -2.23. The molecule has 0 spiro atoms. The highest BCUT2D eigenvalue weighted by Gasteiger charge is 2.28. The summed E-state index contributed by atoms with van der Waals surface area (Å²) in [5.74, 6) is -0.319. The molecule has 19 heavy (non-hydrogen) atoms. The van der Waals surface area contributed by atoms with Crippen molar-refractivity contribution < 1.29 is 15.0 Å². The van der Waals surface area contributed by atoms with Crippen molar-refractivity contribution in [1.29, 1.82) is 0 Å². The van der Waals surface area contributed by atoms with E-state index < -0.39 is 5.60 Å². The standard InChI is InChI=1S/C14H18ClNO3/c1-14(19)5-2-7-16(8-6-14)13(18)11-4-3-10(15)9-12(11)17/h3-4,9,17,19H,2,5-8H2,1H3. The number of carbonyl (C=O) groups is 1. The van der Waals surface area contributed by atoms with Gasteiger partial charge in [-0.05, 0) is 44.4 Å². The zero-order chi connectivity index (χ0) is 14.0. The van der Waals surface area contributed by atoms with E-state index in [1.165, 1.54) is 12.1 Å². The third kappa shape index (κ3) is 3.39. The number of phenols is 1. The second-order valence-electron chi connectivity index (χ2n) is 5.30. The van der Waals surface area contributed by atoms with Gasteiger partial charge in [-0.25, -0.2) is 0 Å². The van der Waals surface area contributed by atoms with E-state index in [4.69, 9.17) is 11.6 Å². The first-order valence-corrected chi connectivity index (χ1v) is 6.77. The van der Waals surface area contributed by atoms with Gasteiger partial charge in [0.25, 0.3) is 5.91 Å². The largest absolute Gasteiger partial charge is 0.507 e. The molecule has 1 atom stereocenters. The summed E-state index contributed by atoms with van der Waals surface area (Å²) >= 11 is 5.75. The van der Waals surface area contributed by atoms with Gasteiger partial charge in [0.05, 0.1) is 11.2 Å². The van der Waals surface area contributed by atoms with Crippen LogP contribution in [-0.2, 0) is 0 Å². The van der Waals surface area contributed by atoms with Gasteiger partial charge in [0.15, 0.2) is 0 Å². The van der Waals surface area contributed by atoms with Crippen LogP contribution in [0.2, 0.25) is 5.02 Å². The Kier molecular flexibility index (Phi) is 4.02. The minimum Gasteiger partial charge on any atom is -0.507 e. The minimum atomic E-state index is -0.711. The Labute approximate surface area is 117 Å². The van der Waals surface area contributed by atoms with Crippen LogP contribution >= 0.6 is 11.6 Å². The van der Waals surface area contributed by atoms with Crippen LogP contribution in [0.4, 0.5) is 0 Å². The summed E-state index contributed by atoms with van der Waals surface area (Å²) in [6.07, 6.45) is 1.99. The smallest absolute Gasteiger partial charge is 0.257 e. The molecular formula is C14H18ClNO3. The van der Waals surface area contributed by atoms with E-state index in [1.807, 2.05) is 0 Å². The predicted octanol–water partition coefficient (Wildman–Crippen LogP) is 2.42. The highest BCUT2D eigenvalue weighted by Crippen LogP contribution is 2.26. The first-order chi connectivity index (χ1) is 8.89. The van der Waals surface area contributed by atoms with Gasteiger partial charge in [-0.2, -0.15) is 0 Å². The number of rotatable bonds is 1. The number of amides is 1. The van der Waals surface area contributed by atoms with Crippen molar-refractivity contribution >= 4 is 17.5 Å². The molecule has 1 aromatic carbocycles. The van der Waals surface area contributed by atoms with Crippen molar-refractivity contribution in [3.63, 3.8) is 0 Å². The van der Waals surface area contributed by atoms with Crippen molar-refractivity contribution in [2.45, 2.75) is 31.8 Å². The molecule has 1 unspecified atom stereocenters. The summed E-state index contributed by atoms with van der Waals surface area (Å²) in [4.78, 5) is 14.0. The number of likely N-dealkylation sites (tertiary alicyclic amines) is 1. The zero-order valence-electron chi connectivity index (χ0n) is 10.9. The van der Waals surface area contributed by atoms with Crippen LogP contribution in [-0.4, -0.2) is 39.7 Å². The molecule has 2 rings (SSSR count).